The van der Waals surface area contributed by atoms with Crippen molar-refractivity contribution in [2.24, 2.45) is 0 Å². The third kappa shape index (κ3) is 38.2. The van der Waals surface area contributed by atoms with Crippen molar-refractivity contribution in [3.63, 3.8) is 0 Å². The van der Waals surface area contributed by atoms with Crippen LogP contribution in [0.3, 0.4) is 0 Å². The van der Waals surface area contributed by atoms with Crippen LogP contribution >= 0.6 is 7.82 Å². The molecule has 0 fully saturated rings. The number of rotatable bonds is 38. The number of likely N-dealkylation sites (N-methyl/N-ethyl adjacent to an activating group) is 1. The summed E-state index contributed by atoms with van der Waals surface area (Å²) in [7, 11) is 1.46. The summed E-state index contributed by atoms with van der Waals surface area (Å²) < 4.78 is 34.2. The predicted octanol–water partition coefficient (Wildman–Crippen LogP) is 11.6. The zero-order chi connectivity index (χ0) is 38.6. The van der Waals surface area contributed by atoms with E-state index in [1.807, 2.05) is 21.1 Å². The van der Waals surface area contributed by atoms with Crippen molar-refractivity contribution in [2.75, 3.05) is 47.5 Å². The number of quaternary nitrogens is 1. The van der Waals surface area contributed by atoms with Crippen molar-refractivity contribution >= 4 is 19.8 Å². The molecule has 0 aromatic heterocycles. The van der Waals surface area contributed by atoms with Gasteiger partial charge in [0.25, 0.3) is 0 Å². The van der Waals surface area contributed by atoms with Gasteiger partial charge in [0.05, 0.1) is 27.7 Å². The van der Waals surface area contributed by atoms with Crippen molar-refractivity contribution in [3.05, 3.63) is 24.3 Å². The number of carbonyl (C=O) groups excluding carboxylic acids is 2. The maximum atomic E-state index is 12.6. The molecule has 0 amide bonds. The molecule has 306 valence electrons. The Bertz CT molecular complexity index is 949. The third-order valence-corrected chi connectivity index (χ3v) is 9.97. The van der Waals surface area contributed by atoms with E-state index in [1.165, 1.54) is 109 Å². The van der Waals surface area contributed by atoms with Gasteiger partial charge in [0.15, 0.2) is 6.10 Å². The Morgan fingerprint density at radius 1 is 0.596 bits per heavy atom. The number of phosphoric acid groups is 1. The van der Waals surface area contributed by atoms with E-state index in [9.17, 15) is 19.0 Å². The fraction of sp³-hybridized carbons (Fsp3) is 0.857. The fourth-order valence-electron chi connectivity index (χ4n) is 5.64. The Labute approximate surface area is 319 Å². The van der Waals surface area contributed by atoms with E-state index in [0.29, 0.717) is 17.4 Å². The van der Waals surface area contributed by atoms with Crippen LogP contribution in [0.15, 0.2) is 24.3 Å². The Hall–Kier alpha value is -1.51. The van der Waals surface area contributed by atoms with E-state index in [-0.39, 0.29) is 32.0 Å². The topological polar surface area (TPSA) is 108 Å². The quantitative estimate of drug-likeness (QED) is 0.0218. The lowest BCUT2D eigenvalue weighted by molar-refractivity contribution is -0.870. The Morgan fingerprint density at radius 3 is 1.58 bits per heavy atom. The number of carbonyl (C=O) groups is 2. The van der Waals surface area contributed by atoms with Crippen molar-refractivity contribution < 1.29 is 42.1 Å². The molecule has 0 radical (unpaired) electrons. The predicted molar refractivity (Wildman–Crippen MR) is 215 cm³/mol. The zero-order valence-electron chi connectivity index (χ0n) is 34.3. The van der Waals surface area contributed by atoms with Gasteiger partial charge in [-0.25, -0.2) is 4.57 Å². The summed E-state index contributed by atoms with van der Waals surface area (Å²) >= 11 is 0. The fourth-order valence-corrected chi connectivity index (χ4v) is 6.38. The van der Waals surface area contributed by atoms with Gasteiger partial charge in [-0.15, -0.1) is 0 Å². The van der Waals surface area contributed by atoms with E-state index < -0.39 is 26.5 Å². The minimum atomic E-state index is -4.38. The molecule has 52 heavy (non-hydrogen) atoms. The van der Waals surface area contributed by atoms with Crippen LogP contribution in [0, 0.1) is 0 Å². The van der Waals surface area contributed by atoms with Gasteiger partial charge in [-0.3, -0.25) is 18.6 Å². The highest BCUT2D eigenvalue weighted by atomic mass is 31.2. The van der Waals surface area contributed by atoms with Gasteiger partial charge in [-0.1, -0.05) is 154 Å². The first-order chi connectivity index (χ1) is 25.0. The maximum Gasteiger partial charge on any atom is 0.472 e. The van der Waals surface area contributed by atoms with E-state index in [4.69, 9.17) is 18.5 Å². The molecule has 0 saturated carbocycles. The highest BCUT2D eigenvalue weighted by Crippen LogP contribution is 2.43. The van der Waals surface area contributed by atoms with Gasteiger partial charge in [0.2, 0.25) is 0 Å². The maximum absolute atomic E-state index is 12.6. The van der Waals surface area contributed by atoms with Gasteiger partial charge in [0.1, 0.15) is 19.8 Å². The second-order valence-electron chi connectivity index (χ2n) is 15.4. The molecule has 0 aliphatic rings. The minimum Gasteiger partial charge on any atom is -0.462 e. The number of esters is 2. The number of hydrogen-bond donors (Lipinski definition) is 1. The second-order valence-corrected chi connectivity index (χ2v) is 16.8. The molecule has 0 spiro atoms. The molecule has 1 unspecified atom stereocenters. The van der Waals surface area contributed by atoms with Crippen LogP contribution in [0.1, 0.15) is 181 Å². The molecular formula is C42H81NO8P+. The second kappa shape index (κ2) is 35.2. The van der Waals surface area contributed by atoms with Gasteiger partial charge in [0, 0.05) is 12.8 Å². The molecule has 10 heteroatoms. The molecule has 1 N–H and O–H groups in total. The van der Waals surface area contributed by atoms with E-state index in [0.717, 1.165) is 38.5 Å². The van der Waals surface area contributed by atoms with E-state index in [2.05, 4.69) is 38.2 Å². The van der Waals surface area contributed by atoms with Gasteiger partial charge >= 0.3 is 19.8 Å². The Morgan fingerprint density at radius 2 is 1.06 bits per heavy atom. The lowest BCUT2D eigenvalue weighted by atomic mass is 10.1. The SMILES string of the molecule is CCCCCCCCCCC/C=C/C/C=C/CCCC(=O)O[C@H](COC(=O)CCCCCCCCCCCCC)COP(=O)(O)OCC[N+](C)(C)C. The summed E-state index contributed by atoms with van der Waals surface area (Å²) in [4.78, 5) is 35.2. The average Bonchev–Trinajstić information content (AvgIpc) is 3.09. The average molecular weight is 759 g/mol. The molecule has 0 heterocycles. The van der Waals surface area contributed by atoms with Gasteiger partial charge < -0.3 is 18.9 Å². The highest BCUT2D eigenvalue weighted by Gasteiger charge is 2.27. The molecule has 0 aliphatic carbocycles. The number of ether oxygens (including phenoxy) is 2. The van der Waals surface area contributed by atoms with Gasteiger partial charge in [-0.05, 0) is 38.5 Å². The molecule has 0 bridgehead atoms. The van der Waals surface area contributed by atoms with Crippen LogP contribution in [0.25, 0.3) is 0 Å². The summed E-state index contributed by atoms with van der Waals surface area (Å²) in [6.45, 7) is 4.37. The monoisotopic (exact) mass is 759 g/mol. The third-order valence-electron chi connectivity index (χ3n) is 8.98. The summed E-state index contributed by atoms with van der Waals surface area (Å²) in [5, 5.41) is 0. The summed E-state index contributed by atoms with van der Waals surface area (Å²) in [6, 6.07) is 0. The number of phosphoric ester groups is 1. The van der Waals surface area contributed by atoms with E-state index >= 15 is 0 Å². The molecule has 0 aromatic rings. The minimum absolute atomic E-state index is 0.0261. The van der Waals surface area contributed by atoms with Crippen molar-refractivity contribution in [1.29, 1.82) is 0 Å². The molecule has 9 nitrogen and oxygen atoms in total. The molecule has 0 saturated heterocycles. The smallest absolute Gasteiger partial charge is 0.462 e. The number of nitrogens with zero attached hydrogens (tertiary/aromatic N) is 1. The highest BCUT2D eigenvalue weighted by molar-refractivity contribution is 7.47. The van der Waals surface area contributed by atoms with E-state index in [1.54, 1.807) is 0 Å². The molecular weight excluding hydrogens is 677 g/mol. The number of hydrogen-bond acceptors (Lipinski definition) is 7. The normalized spacial score (nSPS) is 13.9. The van der Waals surface area contributed by atoms with Crippen LogP contribution in [-0.2, 0) is 32.7 Å². The number of unbranched alkanes of at least 4 members (excludes halogenated alkanes) is 20. The first kappa shape index (κ1) is 50.5. The first-order valence-electron chi connectivity index (χ1n) is 21.1. The van der Waals surface area contributed by atoms with Crippen molar-refractivity contribution in [2.45, 2.75) is 187 Å². The molecule has 0 aromatic carbocycles. The standard InChI is InChI=1S/C42H80NO8P/c1-6-8-10-12-14-16-18-19-20-21-22-23-25-27-29-31-33-35-42(45)51-40(39-50-52(46,47)49-37-36-43(3,4)5)38-48-41(44)34-32-30-28-26-24-17-15-13-11-9-7-2/h22-23,27,29,40H,6-21,24-26,28,30-39H2,1-5H3/p+1/b23-22+,29-27+/t40-/m1/s1. The van der Waals surface area contributed by atoms with Crippen LogP contribution < -0.4 is 0 Å². The lowest BCUT2D eigenvalue weighted by Crippen LogP contribution is -2.37. The Kier molecular flexibility index (Phi) is 34.2. The van der Waals surface area contributed by atoms with Crippen LogP contribution in [-0.4, -0.2) is 74.9 Å². The first-order valence-corrected chi connectivity index (χ1v) is 22.6. The summed E-state index contributed by atoms with van der Waals surface area (Å²) in [5.74, 6) is -0.848. The van der Waals surface area contributed by atoms with Crippen LogP contribution in [0.5, 0.6) is 0 Å². The van der Waals surface area contributed by atoms with Crippen molar-refractivity contribution in [3.8, 4) is 0 Å². The lowest BCUT2D eigenvalue weighted by Gasteiger charge is -2.24. The van der Waals surface area contributed by atoms with Crippen LogP contribution in [0.2, 0.25) is 0 Å². The largest absolute Gasteiger partial charge is 0.472 e. The molecule has 0 rings (SSSR count). The molecule has 2 atom stereocenters. The zero-order valence-corrected chi connectivity index (χ0v) is 35.2. The number of allylic oxidation sites excluding steroid dienone is 4. The summed E-state index contributed by atoms with van der Waals surface area (Å²) in [6.07, 6.45) is 36.6. The van der Waals surface area contributed by atoms with Gasteiger partial charge in [-0.2, -0.15) is 0 Å². The van der Waals surface area contributed by atoms with Crippen LogP contribution in [0.4, 0.5) is 0 Å². The molecule has 0 aliphatic heterocycles. The Balaban J connectivity index is 4.44. The summed E-state index contributed by atoms with van der Waals surface area (Å²) in [5.41, 5.74) is 0. The van der Waals surface area contributed by atoms with Crippen molar-refractivity contribution in [1.82, 2.24) is 0 Å².